The molecule has 0 bridgehead atoms. The number of amides is 1. The van der Waals surface area contributed by atoms with Crippen molar-refractivity contribution in [2.45, 2.75) is 52.6 Å². The molecule has 0 aliphatic carbocycles. The first-order valence-electron chi connectivity index (χ1n) is 9.47. The van der Waals surface area contributed by atoms with E-state index in [-0.39, 0.29) is 40.4 Å². The monoisotopic (exact) mass is 373 g/mol. The fourth-order valence-electron chi connectivity index (χ4n) is 3.34. The second-order valence-corrected chi connectivity index (χ2v) is 7.87. The summed E-state index contributed by atoms with van der Waals surface area (Å²) in [5, 5.41) is 6.36. The molecule has 1 unspecified atom stereocenters. The Morgan fingerprint density at radius 3 is 2.67 bits per heavy atom. The number of nitrogens with zero attached hydrogens (tertiary/aromatic N) is 2. The molecule has 1 saturated heterocycles. The fourth-order valence-corrected chi connectivity index (χ4v) is 3.34. The number of hydrogen-bond acceptors (Lipinski definition) is 5. The van der Waals surface area contributed by atoms with Gasteiger partial charge in [-0.1, -0.05) is 27.7 Å². The zero-order valence-corrected chi connectivity index (χ0v) is 16.3. The van der Waals surface area contributed by atoms with Gasteiger partial charge in [0.2, 0.25) is 0 Å². The number of hydrogen-bond donors (Lipinski definition) is 3. The van der Waals surface area contributed by atoms with Gasteiger partial charge in [0.05, 0.1) is 10.9 Å². The first kappa shape index (κ1) is 19.3. The molecule has 0 spiro atoms. The summed E-state index contributed by atoms with van der Waals surface area (Å²) in [5.41, 5.74) is 0.154. The van der Waals surface area contributed by atoms with Gasteiger partial charge in [-0.2, -0.15) is 0 Å². The van der Waals surface area contributed by atoms with Crippen molar-refractivity contribution in [3.63, 3.8) is 0 Å². The largest absolute Gasteiger partial charge is 0.348 e. The summed E-state index contributed by atoms with van der Waals surface area (Å²) < 4.78 is 1.46. The Labute approximate surface area is 157 Å². The smallest absolute Gasteiger partial charge is 0.330 e. The van der Waals surface area contributed by atoms with Crippen LogP contribution in [0.5, 0.6) is 0 Å². The average Bonchev–Trinajstić information content (AvgIpc) is 3.10. The van der Waals surface area contributed by atoms with Crippen LogP contribution in [0.1, 0.15) is 56.1 Å². The molecule has 2 aromatic rings. The molecule has 1 amide bonds. The SMILES string of the molecule is CC(C)Cn1c(=O)[nH]c(=O)c2c(C(=O)NC3CCNC3)cc(C(C)C)nc21. The van der Waals surface area contributed by atoms with Crippen molar-refractivity contribution < 1.29 is 4.79 Å². The van der Waals surface area contributed by atoms with Crippen molar-refractivity contribution in [1.82, 2.24) is 25.2 Å². The van der Waals surface area contributed by atoms with Gasteiger partial charge in [-0.05, 0) is 30.9 Å². The lowest BCUT2D eigenvalue weighted by atomic mass is 10.0. The highest BCUT2D eigenvalue weighted by atomic mass is 16.2. The van der Waals surface area contributed by atoms with Gasteiger partial charge in [0.1, 0.15) is 0 Å². The van der Waals surface area contributed by atoms with Crippen LogP contribution >= 0.6 is 0 Å². The van der Waals surface area contributed by atoms with Gasteiger partial charge >= 0.3 is 5.69 Å². The third-order valence-electron chi connectivity index (χ3n) is 4.75. The number of fused-ring (bicyclic) bond motifs is 1. The highest BCUT2D eigenvalue weighted by Crippen LogP contribution is 2.20. The van der Waals surface area contributed by atoms with Crippen LogP contribution < -0.4 is 21.9 Å². The minimum Gasteiger partial charge on any atom is -0.348 e. The Morgan fingerprint density at radius 1 is 1.33 bits per heavy atom. The molecule has 3 rings (SSSR count). The molecule has 1 aliphatic rings. The van der Waals surface area contributed by atoms with E-state index in [1.165, 1.54) is 4.57 Å². The molecule has 3 N–H and O–H groups in total. The van der Waals surface area contributed by atoms with Gasteiger partial charge in [-0.15, -0.1) is 0 Å². The maximum Gasteiger partial charge on any atom is 0.330 e. The zero-order valence-electron chi connectivity index (χ0n) is 16.3. The van der Waals surface area contributed by atoms with Crippen LogP contribution in [0.3, 0.4) is 0 Å². The average molecular weight is 373 g/mol. The highest BCUT2D eigenvalue weighted by molar-refractivity contribution is 6.05. The van der Waals surface area contributed by atoms with Crippen LogP contribution in [0.25, 0.3) is 11.0 Å². The summed E-state index contributed by atoms with van der Waals surface area (Å²) in [7, 11) is 0. The summed E-state index contributed by atoms with van der Waals surface area (Å²) in [4.78, 5) is 44.8. The number of pyridine rings is 1. The number of carbonyl (C=O) groups is 1. The van der Waals surface area contributed by atoms with E-state index in [2.05, 4.69) is 20.6 Å². The predicted molar refractivity (Wildman–Crippen MR) is 104 cm³/mol. The fraction of sp³-hybridized carbons (Fsp3) is 0.579. The summed E-state index contributed by atoms with van der Waals surface area (Å²) >= 11 is 0. The Hall–Kier alpha value is -2.48. The second-order valence-electron chi connectivity index (χ2n) is 7.87. The minimum atomic E-state index is -0.576. The molecule has 0 aromatic carbocycles. The molecule has 146 valence electrons. The van der Waals surface area contributed by atoms with Crippen LogP contribution in [0.2, 0.25) is 0 Å². The molecule has 8 nitrogen and oxygen atoms in total. The number of aromatic amines is 1. The number of aromatic nitrogens is 3. The second kappa shape index (κ2) is 7.64. The van der Waals surface area contributed by atoms with Gasteiger partial charge in [-0.25, -0.2) is 9.78 Å². The van der Waals surface area contributed by atoms with Crippen LogP contribution in [0.15, 0.2) is 15.7 Å². The lowest BCUT2D eigenvalue weighted by molar-refractivity contribution is 0.0941. The number of rotatable bonds is 5. The summed E-state index contributed by atoms with van der Waals surface area (Å²) in [6.45, 7) is 9.87. The van der Waals surface area contributed by atoms with E-state index in [4.69, 9.17) is 0 Å². The van der Waals surface area contributed by atoms with Crippen molar-refractivity contribution in [1.29, 1.82) is 0 Å². The Bertz CT molecular complexity index is 968. The van der Waals surface area contributed by atoms with Crippen molar-refractivity contribution >= 4 is 16.9 Å². The van der Waals surface area contributed by atoms with E-state index in [1.807, 2.05) is 27.7 Å². The van der Waals surface area contributed by atoms with E-state index < -0.39 is 11.2 Å². The topological polar surface area (TPSA) is 109 Å². The summed E-state index contributed by atoms with van der Waals surface area (Å²) in [6.07, 6.45) is 0.847. The first-order valence-corrected chi connectivity index (χ1v) is 9.47. The molecule has 1 atom stereocenters. The van der Waals surface area contributed by atoms with E-state index in [1.54, 1.807) is 6.07 Å². The lowest BCUT2D eigenvalue weighted by Gasteiger charge is -2.17. The highest BCUT2D eigenvalue weighted by Gasteiger charge is 2.23. The molecular formula is C19H27N5O3. The molecule has 1 aliphatic heterocycles. The van der Waals surface area contributed by atoms with Crippen LogP contribution in [-0.2, 0) is 6.54 Å². The third-order valence-corrected chi connectivity index (χ3v) is 4.75. The maximum absolute atomic E-state index is 13.0. The van der Waals surface area contributed by atoms with Crippen molar-refractivity contribution in [2.75, 3.05) is 13.1 Å². The number of carbonyl (C=O) groups excluding carboxylic acids is 1. The summed E-state index contributed by atoms with van der Waals surface area (Å²) in [5.74, 6) is -0.0719. The summed E-state index contributed by atoms with van der Waals surface area (Å²) in [6, 6.07) is 1.70. The van der Waals surface area contributed by atoms with Gasteiger partial charge in [-0.3, -0.25) is 19.1 Å². The van der Waals surface area contributed by atoms with Gasteiger partial charge in [0, 0.05) is 24.8 Å². The molecule has 1 fully saturated rings. The van der Waals surface area contributed by atoms with E-state index in [0.29, 0.717) is 18.8 Å². The third kappa shape index (κ3) is 3.95. The maximum atomic E-state index is 13.0. The first-order chi connectivity index (χ1) is 12.8. The quantitative estimate of drug-likeness (QED) is 0.723. The van der Waals surface area contributed by atoms with Crippen molar-refractivity contribution in [3.8, 4) is 0 Å². The van der Waals surface area contributed by atoms with Crippen LogP contribution in [-0.4, -0.2) is 39.6 Å². The van der Waals surface area contributed by atoms with Gasteiger partial charge < -0.3 is 10.6 Å². The Kier molecular flexibility index (Phi) is 5.46. The lowest BCUT2D eigenvalue weighted by Crippen LogP contribution is -2.38. The molecule has 2 aromatic heterocycles. The number of H-pyrrole nitrogens is 1. The standard InChI is InChI=1S/C19H27N5O3/c1-10(2)9-24-16-15(18(26)23-19(24)27)13(7-14(22-16)11(3)4)17(25)21-12-5-6-20-8-12/h7,10-12,20H,5-6,8-9H2,1-4H3,(H,21,25)(H,23,26,27). The molecule has 8 heteroatoms. The van der Waals surface area contributed by atoms with Gasteiger partial charge in [0.15, 0.2) is 5.65 Å². The Morgan fingerprint density at radius 2 is 2.07 bits per heavy atom. The predicted octanol–water partition coefficient (Wildman–Crippen LogP) is 0.956. The molecule has 0 saturated carbocycles. The molecule has 0 radical (unpaired) electrons. The van der Waals surface area contributed by atoms with E-state index in [9.17, 15) is 14.4 Å². The number of nitrogens with one attached hydrogen (secondary N) is 3. The molecule has 27 heavy (non-hydrogen) atoms. The van der Waals surface area contributed by atoms with E-state index in [0.717, 1.165) is 13.0 Å². The van der Waals surface area contributed by atoms with Gasteiger partial charge in [0.25, 0.3) is 11.5 Å². The normalized spacial score (nSPS) is 17.2. The molecular weight excluding hydrogens is 346 g/mol. The van der Waals surface area contributed by atoms with Crippen LogP contribution in [0, 0.1) is 5.92 Å². The molecule has 3 heterocycles. The van der Waals surface area contributed by atoms with E-state index >= 15 is 0 Å². The zero-order chi connectivity index (χ0) is 19.7. The minimum absolute atomic E-state index is 0.0314. The Balaban J connectivity index is 2.23. The van der Waals surface area contributed by atoms with Crippen LogP contribution in [0.4, 0.5) is 0 Å². The van der Waals surface area contributed by atoms with Crippen molar-refractivity contribution in [3.05, 3.63) is 38.2 Å². The van der Waals surface area contributed by atoms with Crippen molar-refractivity contribution in [2.24, 2.45) is 5.92 Å².